The first-order chi connectivity index (χ1) is 11.4. The number of hydrogen-bond acceptors (Lipinski definition) is 2. The van der Waals surface area contributed by atoms with Crippen LogP contribution < -0.4 is 5.32 Å². The van der Waals surface area contributed by atoms with Crippen LogP contribution in [0, 0.1) is 18.2 Å². The van der Waals surface area contributed by atoms with Gasteiger partial charge in [-0.05, 0) is 68.3 Å². The molecule has 1 aromatic carbocycles. The molecule has 4 nitrogen and oxygen atoms in total. The van der Waals surface area contributed by atoms with Crippen LogP contribution in [0.2, 0.25) is 0 Å². The van der Waals surface area contributed by atoms with E-state index in [0.717, 1.165) is 43.6 Å². The number of amides is 2. The van der Waals surface area contributed by atoms with Gasteiger partial charge in [-0.3, -0.25) is 4.90 Å². The van der Waals surface area contributed by atoms with Crippen LogP contribution in [0.15, 0.2) is 18.2 Å². The van der Waals surface area contributed by atoms with E-state index in [9.17, 15) is 9.18 Å². The van der Waals surface area contributed by atoms with Crippen LogP contribution >= 0.6 is 0 Å². The van der Waals surface area contributed by atoms with E-state index in [0.29, 0.717) is 11.5 Å². The number of nitrogens with one attached hydrogen (secondary N) is 1. The van der Waals surface area contributed by atoms with Gasteiger partial charge in [0.05, 0.1) is 0 Å². The Balaban J connectivity index is 1.47. The molecule has 0 unspecified atom stereocenters. The lowest BCUT2D eigenvalue weighted by atomic mass is 9.60. The minimum absolute atomic E-state index is 0.00821. The van der Waals surface area contributed by atoms with E-state index < -0.39 is 0 Å². The molecule has 2 amide bonds. The third-order valence-corrected chi connectivity index (χ3v) is 5.78. The van der Waals surface area contributed by atoms with E-state index in [1.807, 2.05) is 13.0 Å². The second-order valence-corrected chi connectivity index (χ2v) is 7.75. The molecule has 0 radical (unpaired) electrons. The quantitative estimate of drug-likeness (QED) is 0.922. The molecule has 1 aliphatic heterocycles. The molecule has 3 rings (SSSR count). The van der Waals surface area contributed by atoms with Crippen molar-refractivity contribution in [3.05, 3.63) is 35.1 Å². The van der Waals surface area contributed by atoms with Gasteiger partial charge in [0, 0.05) is 26.7 Å². The summed E-state index contributed by atoms with van der Waals surface area (Å²) in [6, 6.07) is 5.69. The van der Waals surface area contributed by atoms with Crippen LogP contribution in [-0.2, 0) is 6.54 Å². The highest BCUT2D eigenvalue weighted by atomic mass is 19.1. The fourth-order valence-corrected chi connectivity index (χ4v) is 4.05. The predicted molar refractivity (Wildman–Crippen MR) is 93.3 cm³/mol. The topological polar surface area (TPSA) is 35.6 Å². The van der Waals surface area contributed by atoms with E-state index >= 15 is 0 Å². The minimum atomic E-state index is -0.112. The van der Waals surface area contributed by atoms with E-state index in [1.165, 1.54) is 18.9 Å². The van der Waals surface area contributed by atoms with Crippen molar-refractivity contribution in [2.45, 2.75) is 45.2 Å². The van der Waals surface area contributed by atoms with E-state index in [2.05, 4.69) is 10.2 Å². The zero-order valence-electron chi connectivity index (χ0n) is 14.9. The molecule has 2 aliphatic rings. The number of carbonyl (C=O) groups excluding carboxylic acids is 1. The van der Waals surface area contributed by atoms with Gasteiger partial charge < -0.3 is 10.2 Å². The maximum absolute atomic E-state index is 13.7. The first kappa shape index (κ1) is 17.2. The molecule has 1 saturated carbocycles. The van der Waals surface area contributed by atoms with Gasteiger partial charge in [-0.1, -0.05) is 12.1 Å². The number of hydrogen-bond donors (Lipinski definition) is 1. The SMILES string of the molecule is Cc1c(F)cccc1CN1CCC2(CC1)CC(NC(=O)N(C)C)C2. The summed E-state index contributed by atoms with van der Waals surface area (Å²) >= 11 is 0. The van der Waals surface area contributed by atoms with Gasteiger partial charge >= 0.3 is 6.03 Å². The van der Waals surface area contributed by atoms with Gasteiger partial charge in [-0.15, -0.1) is 0 Å². The van der Waals surface area contributed by atoms with Crippen molar-refractivity contribution < 1.29 is 9.18 Å². The zero-order chi connectivity index (χ0) is 17.3. The van der Waals surface area contributed by atoms with Crippen molar-refractivity contribution in [2.24, 2.45) is 5.41 Å². The molecule has 1 aromatic rings. The van der Waals surface area contributed by atoms with Crippen LogP contribution in [0.25, 0.3) is 0 Å². The molecule has 132 valence electrons. The number of carbonyl (C=O) groups is 1. The Kier molecular flexibility index (Phi) is 4.81. The number of rotatable bonds is 3. The molecule has 1 saturated heterocycles. The molecular weight excluding hydrogens is 305 g/mol. The Morgan fingerprint density at radius 3 is 2.62 bits per heavy atom. The minimum Gasteiger partial charge on any atom is -0.335 e. The summed E-state index contributed by atoms with van der Waals surface area (Å²) in [5.74, 6) is -0.112. The molecule has 1 heterocycles. The number of nitrogens with zero attached hydrogens (tertiary/aromatic N) is 2. The molecule has 0 bridgehead atoms. The van der Waals surface area contributed by atoms with Crippen LogP contribution in [0.3, 0.4) is 0 Å². The van der Waals surface area contributed by atoms with Gasteiger partial charge in [0.1, 0.15) is 5.82 Å². The largest absolute Gasteiger partial charge is 0.335 e. The molecule has 1 spiro atoms. The highest BCUT2D eigenvalue weighted by Crippen LogP contribution is 2.49. The molecule has 2 fully saturated rings. The Morgan fingerprint density at radius 1 is 1.33 bits per heavy atom. The fraction of sp³-hybridized carbons (Fsp3) is 0.632. The van der Waals surface area contributed by atoms with Crippen molar-refractivity contribution in [3.63, 3.8) is 0 Å². The molecule has 1 N–H and O–H groups in total. The Morgan fingerprint density at radius 2 is 2.00 bits per heavy atom. The molecule has 0 aromatic heterocycles. The number of piperidine rings is 1. The van der Waals surface area contributed by atoms with Crippen LogP contribution in [-0.4, -0.2) is 49.1 Å². The average Bonchev–Trinajstić information content (AvgIpc) is 2.52. The van der Waals surface area contributed by atoms with Gasteiger partial charge in [0.15, 0.2) is 0 Å². The van der Waals surface area contributed by atoms with Gasteiger partial charge in [-0.2, -0.15) is 0 Å². The molecule has 1 aliphatic carbocycles. The van der Waals surface area contributed by atoms with Gasteiger partial charge in [-0.25, -0.2) is 9.18 Å². The first-order valence-electron chi connectivity index (χ1n) is 8.83. The average molecular weight is 333 g/mol. The lowest BCUT2D eigenvalue weighted by Gasteiger charge is -2.52. The normalized spacial score (nSPS) is 20.7. The third-order valence-electron chi connectivity index (χ3n) is 5.78. The third kappa shape index (κ3) is 3.56. The lowest BCUT2D eigenvalue weighted by molar-refractivity contribution is 0.00629. The smallest absolute Gasteiger partial charge is 0.317 e. The summed E-state index contributed by atoms with van der Waals surface area (Å²) < 4.78 is 13.7. The summed E-state index contributed by atoms with van der Waals surface area (Å²) in [4.78, 5) is 15.7. The highest BCUT2D eigenvalue weighted by Gasteiger charge is 2.46. The van der Waals surface area contributed by atoms with Crippen molar-refractivity contribution in [1.29, 1.82) is 0 Å². The van der Waals surface area contributed by atoms with Gasteiger partial charge in [0.2, 0.25) is 0 Å². The maximum atomic E-state index is 13.7. The van der Waals surface area contributed by atoms with Crippen molar-refractivity contribution in [3.8, 4) is 0 Å². The monoisotopic (exact) mass is 333 g/mol. The van der Waals surface area contributed by atoms with Gasteiger partial charge in [0.25, 0.3) is 0 Å². The molecule has 5 heteroatoms. The molecule has 24 heavy (non-hydrogen) atoms. The summed E-state index contributed by atoms with van der Waals surface area (Å²) in [5.41, 5.74) is 2.28. The first-order valence-corrected chi connectivity index (χ1v) is 8.83. The molecule has 0 atom stereocenters. The maximum Gasteiger partial charge on any atom is 0.317 e. The van der Waals surface area contributed by atoms with E-state index in [-0.39, 0.29) is 11.8 Å². The Hall–Kier alpha value is -1.62. The molecular formula is C19H28FN3O. The second kappa shape index (κ2) is 6.71. The predicted octanol–water partition coefficient (Wildman–Crippen LogP) is 3.15. The van der Waals surface area contributed by atoms with Crippen molar-refractivity contribution in [1.82, 2.24) is 15.1 Å². The summed E-state index contributed by atoms with van der Waals surface area (Å²) in [6.45, 7) is 4.81. The number of urea groups is 1. The van der Waals surface area contributed by atoms with Crippen LogP contribution in [0.4, 0.5) is 9.18 Å². The standard InChI is InChI=1S/C19H28FN3O/c1-14-15(5-4-6-17(14)20)13-23-9-7-19(8-10-23)11-16(12-19)21-18(24)22(2)3/h4-6,16H,7-13H2,1-3H3,(H,21,24). The van der Waals surface area contributed by atoms with Crippen LogP contribution in [0.5, 0.6) is 0 Å². The number of likely N-dealkylation sites (tertiary alicyclic amines) is 1. The zero-order valence-corrected chi connectivity index (χ0v) is 14.9. The summed E-state index contributed by atoms with van der Waals surface area (Å²) in [7, 11) is 3.55. The van der Waals surface area contributed by atoms with E-state index in [4.69, 9.17) is 0 Å². The van der Waals surface area contributed by atoms with Crippen molar-refractivity contribution >= 4 is 6.03 Å². The fourth-order valence-electron chi connectivity index (χ4n) is 4.05. The number of benzene rings is 1. The second-order valence-electron chi connectivity index (χ2n) is 7.75. The summed E-state index contributed by atoms with van der Waals surface area (Å²) in [5, 5.41) is 3.08. The lowest BCUT2D eigenvalue weighted by Crippen LogP contribution is -2.56. The highest BCUT2D eigenvalue weighted by molar-refractivity contribution is 5.74. The Labute approximate surface area is 144 Å². The van der Waals surface area contributed by atoms with E-state index in [1.54, 1.807) is 25.1 Å². The van der Waals surface area contributed by atoms with Crippen LogP contribution in [0.1, 0.15) is 36.8 Å². The van der Waals surface area contributed by atoms with Crippen molar-refractivity contribution in [2.75, 3.05) is 27.2 Å². The summed E-state index contributed by atoms with van der Waals surface area (Å²) in [6.07, 6.45) is 4.55. The Bertz CT molecular complexity index is 601. The number of halogens is 1.